The molecule has 4 rings (SSSR count). The average molecular weight is 418 g/mol. The van der Waals surface area contributed by atoms with Crippen molar-refractivity contribution in [3.63, 3.8) is 0 Å². The smallest absolute Gasteiger partial charge is 0.168 e. The lowest BCUT2D eigenvalue weighted by Gasteiger charge is -2.46. The topological polar surface area (TPSA) is 110 Å². The number of piperazine rings is 1. The van der Waals surface area contributed by atoms with Crippen LogP contribution in [0.4, 0.5) is 14.6 Å². The highest BCUT2D eigenvalue weighted by molar-refractivity contribution is 5.89. The fourth-order valence-corrected chi connectivity index (χ4v) is 3.62. The van der Waals surface area contributed by atoms with Crippen molar-refractivity contribution in [1.82, 2.24) is 25.5 Å². The van der Waals surface area contributed by atoms with E-state index >= 15 is 0 Å². The third-order valence-electron chi connectivity index (χ3n) is 5.86. The van der Waals surface area contributed by atoms with Crippen LogP contribution in [0.15, 0.2) is 24.4 Å². The van der Waals surface area contributed by atoms with Crippen LogP contribution in [0.1, 0.15) is 20.8 Å². The summed E-state index contributed by atoms with van der Waals surface area (Å²) in [5.74, 6) is -1.68. The first-order valence-corrected chi connectivity index (χ1v) is 9.68. The van der Waals surface area contributed by atoms with E-state index in [4.69, 9.17) is 0 Å². The SMILES string of the molecule is CC(C)(O)[C@@](C)(O)[C@@H]1CN(c2nc(-c3n[nH]c4ncccc34)c(F)cc2F)CCN1. The number of H-pyrrole nitrogens is 1. The number of pyridine rings is 2. The van der Waals surface area contributed by atoms with Crippen LogP contribution < -0.4 is 10.2 Å². The van der Waals surface area contributed by atoms with Gasteiger partial charge in [0.1, 0.15) is 17.0 Å². The van der Waals surface area contributed by atoms with Crippen LogP contribution in [0, 0.1) is 11.6 Å². The Kier molecular flexibility index (Phi) is 4.95. The minimum absolute atomic E-state index is 0.0375. The summed E-state index contributed by atoms with van der Waals surface area (Å²) < 4.78 is 29.3. The van der Waals surface area contributed by atoms with Crippen LogP contribution in [0.3, 0.4) is 0 Å². The molecule has 0 amide bonds. The Bertz CT molecular complexity index is 1080. The molecule has 0 radical (unpaired) electrons. The summed E-state index contributed by atoms with van der Waals surface area (Å²) in [6, 6.07) is 3.66. The van der Waals surface area contributed by atoms with Crippen LogP contribution >= 0.6 is 0 Å². The maximum Gasteiger partial charge on any atom is 0.168 e. The molecule has 0 spiro atoms. The largest absolute Gasteiger partial charge is 0.387 e. The fourth-order valence-electron chi connectivity index (χ4n) is 3.62. The summed E-state index contributed by atoms with van der Waals surface area (Å²) in [7, 11) is 0. The van der Waals surface area contributed by atoms with Crippen molar-refractivity contribution in [1.29, 1.82) is 0 Å². The van der Waals surface area contributed by atoms with Gasteiger partial charge in [-0.05, 0) is 32.9 Å². The molecule has 30 heavy (non-hydrogen) atoms. The van der Waals surface area contributed by atoms with Gasteiger partial charge in [-0.3, -0.25) is 5.10 Å². The third kappa shape index (κ3) is 3.40. The average Bonchev–Trinajstić information content (AvgIpc) is 3.11. The Morgan fingerprint density at radius 3 is 2.67 bits per heavy atom. The number of nitrogens with one attached hydrogen (secondary N) is 2. The molecule has 10 heteroatoms. The van der Waals surface area contributed by atoms with Crippen molar-refractivity contribution < 1.29 is 19.0 Å². The van der Waals surface area contributed by atoms with E-state index in [1.165, 1.54) is 20.8 Å². The van der Waals surface area contributed by atoms with Crippen molar-refractivity contribution >= 4 is 16.9 Å². The van der Waals surface area contributed by atoms with Crippen molar-refractivity contribution in [2.24, 2.45) is 0 Å². The second-order valence-electron chi connectivity index (χ2n) is 8.26. The van der Waals surface area contributed by atoms with E-state index in [-0.39, 0.29) is 23.8 Å². The van der Waals surface area contributed by atoms with Crippen LogP contribution in [0.25, 0.3) is 22.4 Å². The van der Waals surface area contributed by atoms with E-state index in [2.05, 4.69) is 25.5 Å². The number of fused-ring (bicyclic) bond motifs is 1. The van der Waals surface area contributed by atoms with Gasteiger partial charge in [-0.15, -0.1) is 0 Å². The zero-order valence-corrected chi connectivity index (χ0v) is 16.9. The van der Waals surface area contributed by atoms with E-state index in [1.54, 1.807) is 23.2 Å². The van der Waals surface area contributed by atoms with E-state index in [1.807, 2.05) is 0 Å². The molecule has 4 N–H and O–H groups in total. The molecule has 1 aliphatic heterocycles. The molecule has 0 aromatic carbocycles. The summed E-state index contributed by atoms with van der Waals surface area (Å²) in [5.41, 5.74) is -2.26. The number of halogens is 2. The van der Waals surface area contributed by atoms with E-state index < -0.39 is 28.9 Å². The summed E-state index contributed by atoms with van der Waals surface area (Å²) >= 11 is 0. The predicted octanol–water partition coefficient (Wildman–Crippen LogP) is 1.60. The molecular formula is C20H24F2N6O2. The van der Waals surface area contributed by atoms with Crippen LogP contribution in [-0.4, -0.2) is 67.3 Å². The highest BCUT2D eigenvalue weighted by Gasteiger charge is 2.46. The monoisotopic (exact) mass is 418 g/mol. The van der Waals surface area contributed by atoms with Gasteiger partial charge in [0.15, 0.2) is 23.1 Å². The molecule has 1 aliphatic rings. The molecule has 0 saturated carbocycles. The van der Waals surface area contributed by atoms with E-state index in [0.717, 1.165) is 6.07 Å². The first kappa shape index (κ1) is 20.6. The number of aliphatic hydroxyl groups is 2. The number of aromatic nitrogens is 4. The lowest BCUT2D eigenvalue weighted by Crippen LogP contribution is -2.67. The van der Waals surface area contributed by atoms with Crippen LogP contribution in [0.5, 0.6) is 0 Å². The highest BCUT2D eigenvalue weighted by Crippen LogP contribution is 2.32. The van der Waals surface area contributed by atoms with Gasteiger partial charge in [0, 0.05) is 37.3 Å². The summed E-state index contributed by atoms with van der Waals surface area (Å²) in [6.07, 6.45) is 1.58. The lowest BCUT2D eigenvalue weighted by molar-refractivity contribution is -0.138. The van der Waals surface area contributed by atoms with Gasteiger partial charge in [0.25, 0.3) is 0 Å². The minimum atomic E-state index is -1.49. The fraction of sp³-hybridized carbons (Fsp3) is 0.450. The molecule has 160 valence electrons. The number of nitrogens with zero attached hydrogens (tertiary/aromatic N) is 4. The highest BCUT2D eigenvalue weighted by atomic mass is 19.1. The lowest BCUT2D eigenvalue weighted by atomic mass is 9.80. The molecule has 3 aromatic heterocycles. The summed E-state index contributed by atoms with van der Waals surface area (Å²) in [6.45, 7) is 5.56. The molecular weight excluding hydrogens is 394 g/mol. The van der Waals surface area contributed by atoms with Gasteiger partial charge >= 0.3 is 0 Å². The number of anilines is 1. The second kappa shape index (κ2) is 7.22. The molecule has 0 aliphatic carbocycles. The normalized spacial score (nSPS) is 19.8. The zero-order chi connectivity index (χ0) is 21.7. The zero-order valence-electron chi connectivity index (χ0n) is 16.9. The number of rotatable bonds is 4. The molecule has 3 aromatic rings. The van der Waals surface area contributed by atoms with Gasteiger partial charge in [-0.2, -0.15) is 5.10 Å². The van der Waals surface area contributed by atoms with Gasteiger partial charge in [-0.25, -0.2) is 18.7 Å². The molecule has 0 unspecified atom stereocenters. The molecule has 4 heterocycles. The Morgan fingerprint density at radius 2 is 1.93 bits per heavy atom. The Morgan fingerprint density at radius 1 is 1.17 bits per heavy atom. The Hall–Kier alpha value is -2.69. The maximum absolute atomic E-state index is 14.7. The first-order chi connectivity index (χ1) is 14.1. The van der Waals surface area contributed by atoms with Gasteiger partial charge in [0.2, 0.25) is 0 Å². The van der Waals surface area contributed by atoms with E-state index in [9.17, 15) is 19.0 Å². The standard InChI is InChI=1S/C20H24F2N6O2/c1-19(2,29)20(3,30)14-10-28(8-7-23-14)18-13(22)9-12(21)16(25-18)15-11-5-4-6-24-17(11)27-26-15/h4-6,9,14,23,29-30H,7-8,10H2,1-3H3,(H,24,26,27)/t14-,20-/m0/s1. The maximum atomic E-state index is 14.7. The predicted molar refractivity (Wildman–Crippen MR) is 108 cm³/mol. The first-order valence-electron chi connectivity index (χ1n) is 9.68. The molecule has 2 atom stereocenters. The summed E-state index contributed by atoms with van der Waals surface area (Å²) in [4.78, 5) is 10.0. The van der Waals surface area contributed by atoms with Crippen LogP contribution in [0.2, 0.25) is 0 Å². The Labute approximate surface area is 172 Å². The number of hydrogen-bond acceptors (Lipinski definition) is 7. The van der Waals surface area contributed by atoms with Crippen molar-refractivity contribution in [2.75, 3.05) is 24.5 Å². The van der Waals surface area contributed by atoms with E-state index in [0.29, 0.717) is 24.1 Å². The molecule has 8 nitrogen and oxygen atoms in total. The van der Waals surface area contributed by atoms with Crippen molar-refractivity contribution in [3.05, 3.63) is 36.0 Å². The van der Waals surface area contributed by atoms with Gasteiger partial charge < -0.3 is 20.4 Å². The van der Waals surface area contributed by atoms with Gasteiger partial charge in [0.05, 0.1) is 11.6 Å². The third-order valence-corrected chi connectivity index (χ3v) is 5.86. The van der Waals surface area contributed by atoms with Crippen molar-refractivity contribution in [3.8, 4) is 11.4 Å². The number of hydrogen-bond donors (Lipinski definition) is 4. The van der Waals surface area contributed by atoms with Crippen molar-refractivity contribution in [2.45, 2.75) is 38.0 Å². The quantitative estimate of drug-likeness (QED) is 0.509. The minimum Gasteiger partial charge on any atom is -0.387 e. The molecule has 1 saturated heterocycles. The summed E-state index contributed by atoms with van der Waals surface area (Å²) in [5, 5.41) is 31.8. The Balaban J connectivity index is 1.72. The number of aromatic amines is 1. The van der Waals surface area contributed by atoms with Crippen LogP contribution in [-0.2, 0) is 0 Å². The molecule has 0 bridgehead atoms. The second-order valence-corrected chi connectivity index (χ2v) is 8.26. The molecule has 1 fully saturated rings. The van der Waals surface area contributed by atoms with Gasteiger partial charge in [-0.1, -0.05) is 0 Å².